The van der Waals surface area contributed by atoms with Crippen molar-refractivity contribution in [3.8, 4) is 17.0 Å². The predicted octanol–water partition coefficient (Wildman–Crippen LogP) is 2.97. The summed E-state index contributed by atoms with van der Waals surface area (Å²) in [6, 6.07) is 9.22. The molecule has 2 saturated carbocycles. The topological polar surface area (TPSA) is 98.2 Å². The largest absolute Gasteiger partial charge is 0.497 e. The van der Waals surface area contributed by atoms with Gasteiger partial charge in [-0.2, -0.15) is 0 Å². The van der Waals surface area contributed by atoms with Crippen molar-refractivity contribution in [3.63, 3.8) is 0 Å². The Kier molecular flexibility index (Phi) is 5.18. The first-order valence-corrected chi connectivity index (χ1v) is 11.8. The standard InChI is InChI=1S/C22H27N3O4S/c1-21(2)16-8-9-22(21,20(26)10-16)13-30(27,28)25-12-17-11-19(24-14-23-17)15-4-6-18(29-3)7-5-15/h4-7,11,14,16,25H,8-10,12-13H2,1-3H3. The number of aromatic nitrogens is 2. The third kappa shape index (κ3) is 3.52. The summed E-state index contributed by atoms with van der Waals surface area (Å²) in [4.78, 5) is 21.1. The number of nitrogens with one attached hydrogen (secondary N) is 1. The molecule has 7 nitrogen and oxygen atoms in total. The van der Waals surface area contributed by atoms with Crippen LogP contribution < -0.4 is 9.46 Å². The van der Waals surface area contributed by atoms with Crippen LogP contribution in [0.5, 0.6) is 5.75 Å². The van der Waals surface area contributed by atoms with Crippen LogP contribution in [0, 0.1) is 16.7 Å². The van der Waals surface area contributed by atoms with Crippen molar-refractivity contribution in [1.82, 2.24) is 14.7 Å². The zero-order valence-corrected chi connectivity index (χ0v) is 18.3. The van der Waals surface area contributed by atoms with Crippen molar-refractivity contribution < 1.29 is 17.9 Å². The Hall–Kier alpha value is -2.32. The summed E-state index contributed by atoms with van der Waals surface area (Å²) < 4.78 is 33.6. The van der Waals surface area contributed by atoms with E-state index in [0.717, 1.165) is 17.7 Å². The maximum atomic E-state index is 12.9. The smallest absolute Gasteiger partial charge is 0.212 e. The molecule has 8 heteroatoms. The summed E-state index contributed by atoms with van der Waals surface area (Å²) in [7, 11) is -2.04. The van der Waals surface area contributed by atoms with Crippen LogP contribution in [0.2, 0.25) is 0 Å². The lowest BCUT2D eigenvalue weighted by Crippen LogP contribution is -2.45. The fraction of sp³-hybridized carbons (Fsp3) is 0.500. The molecule has 0 aliphatic heterocycles. The summed E-state index contributed by atoms with van der Waals surface area (Å²) in [5, 5.41) is 0. The average Bonchev–Trinajstić information content (AvgIpc) is 3.07. The number of ketones is 1. The molecule has 2 unspecified atom stereocenters. The van der Waals surface area contributed by atoms with Gasteiger partial charge in [-0.1, -0.05) is 13.8 Å². The van der Waals surface area contributed by atoms with Crippen molar-refractivity contribution in [2.75, 3.05) is 12.9 Å². The van der Waals surface area contributed by atoms with E-state index >= 15 is 0 Å². The number of Topliss-reactive ketones (excluding diaryl/α,β-unsaturated/α-hetero) is 1. The van der Waals surface area contributed by atoms with E-state index in [4.69, 9.17) is 4.74 Å². The molecule has 0 radical (unpaired) electrons. The number of benzene rings is 1. The summed E-state index contributed by atoms with van der Waals surface area (Å²) in [5.41, 5.74) is 1.10. The molecule has 2 fully saturated rings. The molecular weight excluding hydrogens is 402 g/mol. The highest BCUT2D eigenvalue weighted by Crippen LogP contribution is 2.64. The van der Waals surface area contributed by atoms with E-state index in [9.17, 15) is 13.2 Å². The quantitative estimate of drug-likeness (QED) is 0.727. The zero-order valence-electron chi connectivity index (χ0n) is 17.5. The second kappa shape index (κ2) is 7.42. The Balaban J connectivity index is 1.47. The molecule has 0 saturated heterocycles. The summed E-state index contributed by atoms with van der Waals surface area (Å²) in [5.74, 6) is 0.976. The van der Waals surface area contributed by atoms with Crippen molar-refractivity contribution in [1.29, 1.82) is 0 Å². The van der Waals surface area contributed by atoms with Gasteiger partial charge in [-0.05, 0) is 54.5 Å². The third-order valence-corrected chi connectivity index (χ3v) is 8.62. The Morgan fingerprint density at radius 3 is 2.53 bits per heavy atom. The number of rotatable bonds is 7. The van der Waals surface area contributed by atoms with Gasteiger partial charge in [0.25, 0.3) is 0 Å². The van der Waals surface area contributed by atoms with Crippen LogP contribution in [0.3, 0.4) is 0 Å². The van der Waals surface area contributed by atoms with Crippen molar-refractivity contribution in [2.45, 2.75) is 39.7 Å². The first-order valence-electron chi connectivity index (χ1n) is 10.1. The van der Waals surface area contributed by atoms with Crippen molar-refractivity contribution >= 4 is 15.8 Å². The van der Waals surface area contributed by atoms with Gasteiger partial charge in [0.15, 0.2) is 0 Å². The number of carbonyl (C=O) groups excluding carboxylic acids is 1. The monoisotopic (exact) mass is 429 g/mol. The van der Waals surface area contributed by atoms with E-state index in [-0.39, 0.29) is 29.4 Å². The molecule has 2 atom stereocenters. The van der Waals surface area contributed by atoms with Crippen molar-refractivity contribution in [2.24, 2.45) is 16.7 Å². The summed E-state index contributed by atoms with van der Waals surface area (Å²) >= 11 is 0. The minimum Gasteiger partial charge on any atom is -0.497 e. The molecule has 4 rings (SSSR count). The van der Waals surface area contributed by atoms with Gasteiger partial charge in [-0.15, -0.1) is 0 Å². The van der Waals surface area contributed by atoms with E-state index in [2.05, 4.69) is 14.7 Å². The molecule has 0 spiro atoms. The van der Waals surface area contributed by atoms with Crippen LogP contribution in [0.15, 0.2) is 36.7 Å². The molecule has 2 aromatic rings. The third-order valence-electron chi connectivity index (χ3n) is 7.16. The predicted molar refractivity (Wildman–Crippen MR) is 113 cm³/mol. The maximum absolute atomic E-state index is 12.9. The number of fused-ring (bicyclic) bond motifs is 2. The molecule has 1 aromatic carbocycles. The van der Waals surface area contributed by atoms with Crippen LogP contribution in [-0.4, -0.2) is 37.0 Å². The fourth-order valence-corrected chi connectivity index (χ4v) is 6.88. The first-order chi connectivity index (χ1) is 14.2. The average molecular weight is 430 g/mol. The molecule has 2 bridgehead atoms. The van der Waals surface area contributed by atoms with E-state index in [1.165, 1.54) is 6.33 Å². The van der Waals surface area contributed by atoms with E-state index in [0.29, 0.717) is 24.2 Å². The zero-order chi connectivity index (χ0) is 21.6. The van der Waals surface area contributed by atoms with Gasteiger partial charge in [-0.3, -0.25) is 4.79 Å². The van der Waals surface area contributed by atoms with Gasteiger partial charge in [0.1, 0.15) is 17.9 Å². The number of sulfonamides is 1. The molecular formula is C22H27N3O4S. The highest BCUT2D eigenvalue weighted by Gasteiger charge is 2.65. The van der Waals surface area contributed by atoms with Crippen LogP contribution in [0.4, 0.5) is 0 Å². The lowest BCUT2D eigenvalue weighted by atomic mass is 9.70. The maximum Gasteiger partial charge on any atom is 0.212 e. The minimum atomic E-state index is -3.65. The second-order valence-corrected chi connectivity index (χ2v) is 10.7. The number of hydrogen-bond donors (Lipinski definition) is 1. The van der Waals surface area contributed by atoms with Gasteiger partial charge in [-0.25, -0.2) is 23.1 Å². The highest BCUT2D eigenvalue weighted by atomic mass is 32.2. The Morgan fingerprint density at radius 2 is 1.93 bits per heavy atom. The summed E-state index contributed by atoms with van der Waals surface area (Å²) in [6.45, 7) is 4.13. The number of hydrogen-bond acceptors (Lipinski definition) is 6. The lowest BCUT2D eigenvalue weighted by Gasteiger charge is -2.36. The normalized spacial score (nSPS) is 24.9. The minimum absolute atomic E-state index is 0.0577. The van der Waals surface area contributed by atoms with E-state index in [1.807, 2.05) is 38.1 Å². The second-order valence-electron chi connectivity index (χ2n) is 8.87. The molecule has 1 aromatic heterocycles. The number of ether oxygens (including phenoxy) is 1. The molecule has 30 heavy (non-hydrogen) atoms. The van der Waals surface area contributed by atoms with Gasteiger partial charge >= 0.3 is 0 Å². The first kappa shape index (κ1) is 20.9. The molecule has 1 heterocycles. The number of nitrogens with zero attached hydrogens (tertiary/aromatic N) is 2. The van der Waals surface area contributed by atoms with Gasteiger partial charge in [0.05, 0.1) is 30.8 Å². The highest BCUT2D eigenvalue weighted by molar-refractivity contribution is 7.89. The Bertz CT molecular complexity index is 1070. The number of carbonyl (C=O) groups is 1. The number of methoxy groups -OCH3 is 1. The molecule has 0 amide bonds. The van der Waals surface area contributed by atoms with Gasteiger partial charge in [0.2, 0.25) is 10.0 Å². The van der Waals surface area contributed by atoms with Crippen molar-refractivity contribution in [3.05, 3.63) is 42.4 Å². The Morgan fingerprint density at radius 1 is 1.20 bits per heavy atom. The van der Waals surface area contributed by atoms with E-state index in [1.54, 1.807) is 13.2 Å². The summed E-state index contributed by atoms with van der Waals surface area (Å²) in [6.07, 6.45) is 3.50. The SMILES string of the molecule is COc1ccc(-c2cc(CNS(=O)(=O)CC34CCC(CC3=O)C4(C)C)ncn2)cc1. The van der Waals surface area contributed by atoms with Crippen LogP contribution in [0.1, 0.15) is 38.8 Å². The molecule has 160 valence electrons. The van der Waals surface area contributed by atoms with Gasteiger partial charge < -0.3 is 4.74 Å². The van der Waals surface area contributed by atoms with Crippen LogP contribution in [0.25, 0.3) is 11.3 Å². The van der Waals surface area contributed by atoms with Crippen LogP contribution >= 0.6 is 0 Å². The molecule has 2 aliphatic carbocycles. The Labute approximate surface area is 177 Å². The fourth-order valence-electron chi connectivity index (χ4n) is 5.08. The molecule has 1 N–H and O–H groups in total. The lowest BCUT2D eigenvalue weighted by molar-refractivity contribution is -0.128. The van der Waals surface area contributed by atoms with Crippen LogP contribution in [-0.2, 0) is 21.4 Å². The van der Waals surface area contributed by atoms with Gasteiger partial charge in [0, 0.05) is 17.4 Å². The van der Waals surface area contributed by atoms with E-state index < -0.39 is 15.4 Å². The molecule has 2 aliphatic rings.